The van der Waals surface area contributed by atoms with E-state index in [1.807, 2.05) is 0 Å². The van der Waals surface area contributed by atoms with Gasteiger partial charge in [0.1, 0.15) is 6.10 Å². The van der Waals surface area contributed by atoms with Crippen molar-refractivity contribution in [3.05, 3.63) is 0 Å². The van der Waals surface area contributed by atoms with Gasteiger partial charge in [-0.3, -0.25) is 4.90 Å². The molecule has 0 aromatic carbocycles. The number of hydrogen-bond donors (Lipinski definition) is 1. The summed E-state index contributed by atoms with van der Waals surface area (Å²) in [5.74, 6) is 0. The lowest BCUT2D eigenvalue weighted by molar-refractivity contribution is 0.0855. The quantitative estimate of drug-likeness (QED) is 0.593. The van der Waals surface area contributed by atoms with Gasteiger partial charge in [0.25, 0.3) is 0 Å². The summed E-state index contributed by atoms with van der Waals surface area (Å²) in [4.78, 5) is 12.6. The zero-order chi connectivity index (χ0) is 8.55. The van der Waals surface area contributed by atoms with Crippen LogP contribution in [0.3, 0.4) is 0 Å². The number of nitrogens with zero attached hydrogens (tertiary/aromatic N) is 1. The van der Waals surface area contributed by atoms with Crippen LogP contribution >= 0.6 is 0 Å². The first-order chi connectivity index (χ1) is 5.83. The van der Waals surface area contributed by atoms with Crippen LogP contribution in [-0.4, -0.2) is 54.6 Å². The number of β-amino-alcohol motifs (C(OH)–C–C–N with tert-alkyl or cyclic N) is 1. The molecule has 1 N–H and O–H groups in total. The maximum Gasteiger partial charge on any atom is 0.410 e. The van der Waals surface area contributed by atoms with Gasteiger partial charge in [-0.25, -0.2) is 4.79 Å². The average molecular weight is 173 g/mol. The minimum Gasteiger partial charge on any atom is -0.441 e. The SMILES string of the molecule is O=C1O[C@@H]2COC[C@H]2N1CCO. The van der Waals surface area contributed by atoms with E-state index in [9.17, 15) is 4.79 Å². The second kappa shape index (κ2) is 2.91. The maximum absolute atomic E-state index is 11.1. The van der Waals surface area contributed by atoms with Gasteiger partial charge in [-0.1, -0.05) is 0 Å². The van der Waals surface area contributed by atoms with E-state index in [4.69, 9.17) is 14.6 Å². The van der Waals surface area contributed by atoms with Crippen LogP contribution in [-0.2, 0) is 9.47 Å². The largest absolute Gasteiger partial charge is 0.441 e. The Morgan fingerprint density at radius 3 is 3.17 bits per heavy atom. The molecule has 2 atom stereocenters. The topological polar surface area (TPSA) is 59.0 Å². The van der Waals surface area contributed by atoms with Gasteiger partial charge < -0.3 is 14.6 Å². The first-order valence-electron chi connectivity index (χ1n) is 3.99. The third-order valence-corrected chi connectivity index (χ3v) is 2.23. The van der Waals surface area contributed by atoms with E-state index in [1.54, 1.807) is 0 Å². The summed E-state index contributed by atoms with van der Waals surface area (Å²) in [6, 6.07) is 0.0182. The van der Waals surface area contributed by atoms with Gasteiger partial charge in [0, 0.05) is 6.54 Å². The van der Waals surface area contributed by atoms with Gasteiger partial charge in [-0.2, -0.15) is 0 Å². The zero-order valence-electron chi connectivity index (χ0n) is 6.60. The molecule has 12 heavy (non-hydrogen) atoms. The molecule has 0 unspecified atom stereocenters. The van der Waals surface area contributed by atoms with Crippen molar-refractivity contribution in [1.82, 2.24) is 4.90 Å². The summed E-state index contributed by atoms with van der Waals surface area (Å²) in [5, 5.41) is 8.67. The summed E-state index contributed by atoms with van der Waals surface area (Å²) < 4.78 is 10.1. The lowest BCUT2D eigenvalue weighted by Crippen LogP contribution is -2.38. The Balaban J connectivity index is 2.05. The Hall–Kier alpha value is -0.810. The summed E-state index contributed by atoms with van der Waals surface area (Å²) in [6.07, 6.45) is -0.452. The lowest BCUT2D eigenvalue weighted by Gasteiger charge is -2.17. The van der Waals surface area contributed by atoms with Crippen molar-refractivity contribution in [3.8, 4) is 0 Å². The van der Waals surface area contributed by atoms with Crippen LogP contribution in [0.15, 0.2) is 0 Å². The van der Waals surface area contributed by atoms with Crippen LogP contribution in [0.2, 0.25) is 0 Å². The number of fused-ring (bicyclic) bond motifs is 1. The van der Waals surface area contributed by atoms with Crippen molar-refractivity contribution in [2.75, 3.05) is 26.4 Å². The Morgan fingerprint density at radius 1 is 1.58 bits per heavy atom. The van der Waals surface area contributed by atoms with Gasteiger partial charge in [0.2, 0.25) is 0 Å². The molecule has 2 aliphatic rings. The number of hydrogen-bond acceptors (Lipinski definition) is 4. The monoisotopic (exact) mass is 173 g/mol. The number of carbonyl (C=O) groups is 1. The maximum atomic E-state index is 11.1. The number of ether oxygens (including phenoxy) is 2. The van der Waals surface area contributed by atoms with Crippen molar-refractivity contribution in [2.24, 2.45) is 0 Å². The first kappa shape index (κ1) is 7.82. The molecule has 68 valence electrons. The fraction of sp³-hybridized carbons (Fsp3) is 0.857. The molecule has 0 aromatic heterocycles. The highest BCUT2D eigenvalue weighted by atomic mass is 16.6. The summed E-state index contributed by atoms with van der Waals surface area (Å²) >= 11 is 0. The van der Waals surface area contributed by atoms with E-state index >= 15 is 0 Å². The Bertz CT molecular complexity index is 196. The van der Waals surface area contributed by atoms with Gasteiger partial charge in [-0.05, 0) is 0 Å². The van der Waals surface area contributed by atoms with Gasteiger partial charge in [-0.15, -0.1) is 0 Å². The van der Waals surface area contributed by atoms with Gasteiger partial charge in [0.15, 0.2) is 0 Å². The van der Waals surface area contributed by atoms with Crippen molar-refractivity contribution in [2.45, 2.75) is 12.1 Å². The molecule has 5 heteroatoms. The van der Waals surface area contributed by atoms with Crippen LogP contribution in [0.5, 0.6) is 0 Å². The molecule has 1 amide bonds. The third kappa shape index (κ3) is 1.05. The predicted octanol–water partition coefficient (Wildman–Crippen LogP) is -0.802. The number of carbonyl (C=O) groups excluding carboxylic acids is 1. The molecule has 2 rings (SSSR count). The van der Waals surface area contributed by atoms with Crippen molar-refractivity contribution in [3.63, 3.8) is 0 Å². The van der Waals surface area contributed by atoms with Gasteiger partial charge in [0.05, 0.1) is 25.9 Å². The average Bonchev–Trinajstić information content (AvgIpc) is 2.56. The molecule has 0 aliphatic carbocycles. The van der Waals surface area contributed by atoms with Crippen LogP contribution in [0.4, 0.5) is 4.79 Å². The highest BCUT2D eigenvalue weighted by Gasteiger charge is 2.44. The fourth-order valence-electron chi connectivity index (χ4n) is 1.62. The van der Waals surface area contributed by atoms with Crippen LogP contribution in [0.1, 0.15) is 0 Å². The second-order valence-electron chi connectivity index (χ2n) is 2.94. The van der Waals surface area contributed by atoms with Crippen molar-refractivity contribution in [1.29, 1.82) is 0 Å². The molecule has 2 heterocycles. The Kier molecular flexibility index (Phi) is 1.90. The highest BCUT2D eigenvalue weighted by Crippen LogP contribution is 2.24. The lowest BCUT2D eigenvalue weighted by atomic mass is 10.2. The molecular weight excluding hydrogens is 162 g/mol. The normalized spacial score (nSPS) is 33.8. The minimum atomic E-state index is -0.331. The summed E-state index contributed by atoms with van der Waals surface area (Å²) in [6.45, 7) is 1.32. The van der Waals surface area contributed by atoms with Crippen LogP contribution < -0.4 is 0 Å². The smallest absolute Gasteiger partial charge is 0.410 e. The molecule has 2 fully saturated rings. The van der Waals surface area contributed by atoms with Crippen LogP contribution in [0.25, 0.3) is 0 Å². The van der Waals surface area contributed by atoms with E-state index in [1.165, 1.54) is 4.90 Å². The number of aliphatic hydroxyl groups is 1. The third-order valence-electron chi connectivity index (χ3n) is 2.23. The predicted molar refractivity (Wildman–Crippen MR) is 38.7 cm³/mol. The number of aliphatic hydroxyl groups excluding tert-OH is 1. The highest BCUT2D eigenvalue weighted by molar-refractivity contribution is 5.70. The van der Waals surface area contributed by atoms with E-state index < -0.39 is 0 Å². The zero-order valence-corrected chi connectivity index (χ0v) is 6.60. The molecule has 0 spiro atoms. The van der Waals surface area contributed by atoms with Crippen LogP contribution in [0, 0.1) is 0 Å². The van der Waals surface area contributed by atoms with E-state index in [0.717, 1.165) is 0 Å². The molecular formula is C7H11NO4. The van der Waals surface area contributed by atoms with E-state index in [0.29, 0.717) is 19.8 Å². The Labute approximate surface area is 69.9 Å². The molecule has 0 saturated carbocycles. The minimum absolute atomic E-state index is 0.0182. The first-order valence-corrected chi connectivity index (χ1v) is 3.99. The van der Waals surface area contributed by atoms with E-state index in [2.05, 4.69) is 0 Å². The summed E-state index contributed by atoms with van der Waals surface area (Å²) in [7, 11) is 0. The molecule has 2 saturated heterocycles. The number of amides is 1. The molecule has 5 nitrogen and oxygen atoms in total. The molecule has 0 aromatic rings. The molecule has 0 bridgehead atoms. The standard InChI is InChI=1S/C7H11NO4/c9-2-1-8-5-3-11-4-6(5)12-7(8)10/h5-6,9H,1-4H2/t5-,6-/m1/s1. The molecule has 0 radical (unpaired) electrons. The van der Waals surface area contributed by atoms with E-state index in [-0.39, 0.29) is 24.8 Å². The van der Waals surface area contributed by atoms with Gasteiger partial charge >= 0.3 is 6.09 Å². The van der Waals surface area contributed by atoms with Crippen molar-refractivity contribution < 1.29 is 19.4 Å². The second-order valence-corrected chi connectivity index (χ2v) is 2.94. The summed E-state index contributed by atoms with van der Waals surface area (Å²) in [5.41, 5.74) is 0. The van der Waals surface area contributed by atoms with Crippen molar-refractivity contribution >= 4 is 6.09 Å². The fourth-order valence-corrected chi connectivity index (χ4v) is 1.62. The molecule has 2 aliphatic heterocycles. The number of rotatable bonds is 2. The Morgan fingerprint density at radius 2 is 2.42 bits per heavy atom.